The maximum atomic E-state index is 12.5. The van der Waals surface area contributed by atoms with Crippen molar-refractivity contribution in [3.63, 3.8) is 0 Å². The Hall–Kier alpha value is -4.33. The number of nitrogens with zero attached hydrogens (tertiary/aromatic N) is 6. The first-order valence-electron chi connectivity index (χ1n) is 12.9. The molecule has 1 aliphatic heterocycles. The molecule has 0 spiro atoms. The summed E-state index contributed by atoms with van der Waals surface area (Å²) >= 11 is 0. The second-order valence-corrected chi connectivity index (χ2v) is 9.54. The van der Waals surface area contributed by atoms with Gasteiger partial charge in [0.25, 0.3) is 0 Å². The molecule has 0 bridgehead atoms. The third-order valence-corrected chi connectivity index (χ3v) is 7.19. The van der Waals surface area contributed by atoms with Crippen LogP contribution in [0.4, 0.5) is 5.69 Å². The zero-order valence-electron chi connectivity index (χ0n) is 21.1. The number of hydrogen-bond donors (Lipinski definition) is 1. The third-order valence-electron chi connectivity index (χ3n) is 7.19. The average molecular weight is 492 g/mol. The monoisotopic (exact) mass is 491 g/mol. The van der Waals surface area contributed by atoms with Crippen molar-refractivity contribution in [3.05, 3.63) is 72.1 Å². The highest BCUT2D eigenvalue weighted by molar-refractivity contribution is 5.97. The van der Waals surface area contributed by atoms with Crippen LogP contribution in [0.2, 0.25) is 0 Å². The van der Waals surface area contributed by atoms with Crippen molar-refractivity contribution in [1.82, 2.24) is 30.2 Å². The fraction of sp³-hybridized carbons (Fsp3) is 0.276. The van der Waals surface area contributed by atoms with E-state index in [2.05, 4.69) is 69.4 Å². The molecule has 5 aromatic rings. The van der Waals surface area contributed by atoms with E-state index in [0.717, 1.165) is 82.7 Å². The lowest BCUT2D eigenvalue weighted by Crippen LogP contribution is -2.23. The van der Waals surface area contributed by atoms with E-state index in [1.165, 1.54) is 0 Å². The summed E-state index contributed by atoms with van der Waals surface area (Å²) in [5.41, 5.74) is 8.06. The Labute approximate surface area is 215 Å². The van der Waals surface area contributed by atoms with Crippen molar-refractivity contribution in [1.29, 1.82) is 0 Å². The van der Waals surface area contributed by atoms with Crippen LogP contribution in [-0.2, 0) is 11.2 Å². The number of fused-ring (bicyclic) bond motifs is 1. The topological polar surface area (TPSA) is 92.6 Å². The van der Waals surface area contributed by atoms with Crippen LogP contribution in [0.25, 0.3) is 39.2 Å². The van der Waals surface area contributed by atoms with Crippen molar-refractivity contribution >= 4 is 22.6 Å². The molecule has 0 unspecified atom stereocenters. The summed E-state index contributed by atoms with van der Waals surface area (Å²) in [6, 6.07) is 20.8. The van der Waals surface area contributed by atoms with E-state index in [1.807, 2.05) is 35.2 Å². The highest BCUT2D eigenvalue weighted by Gasteiger charge is 2.24. The number of aromatic nitrogens is 6. The third kappa shape index (κ3) is 4.08. The molecule has 1 fully saturated rings. The van der Waals surface area contributed by atoms with E-state index in [1.54, 1.807) is 0 Å². The Kier molecular flexibility index (Phi) is 6.00. The smallest absolute Gasteiger partial charge is 0.227 e. The van der Waals surface area contributed by atoms with Gasteiger partial charge in [0, 0.05) is 30.6 Å². The second-order valence-electron chi connectivity index (χ2n) is 9.54. The Balaban J connectivity index is 1.59. The minimum absolute atomic E-state index is 0.181. The molecule has 6 rings (SSSR count). The molecule has 0 radical (unpaired) electrons. The number of hydrogen-bond acceptors (Lipinski definition) is 5. The van der Waals surface area contributed by atoms with Crippen molar-refractivity contribution in [2.45, 2.75) is 46.0 Å². The quantitative estimate of drug-likeness (QED) is 0.318. The maximum absolute atomic E-state index is 12.5. The highest BCUT2D eigenvalue weighted by atomic mass is 16.2. The first-order valence-corrected chi connectivity index (χ1v) is 12.9. The van der Waals surface area contributed by atoms with Crippen molar-refractivity contribution in [3.8, 4) is 28.2 Å². The summed E-state index contributed by atoms with van der Waals surface area (Å²) in [4.78, 5) is 19.4. The number of tetrazole rings is 1. The molecular formula is C29H29N7O. The second kappa shape index (κ2) is 9.61. The molecule has 186 valence electrons. The molecule has 2 aromatic heterocycles. The van der Waals surface area contributed by atoms with Crippen LogP contribution in [0.3, 0.4) is 0 Å². The van der Waals surface area contributed by atoms with Gasteiger partial charge in [0.1, 0.15) is 5.82 Å². The van der Waals surface area contributed by atoms with Crippen LogP contribution in [0.15, 0.2) is 60.7 Å². The number of aryl methyl sites for hydroxylation is 1. The number of rotatable bonds is 7. The standard InChI is InChI=1S/C29H29N7O/c1-3-4-11-26-30-23-15-13-21(35-17-8-12-27(35)37)18-25(23)36(26)24-16-14-22(20-9-6-5-7-10-20)28(19(24)2)29-31-33-34-32-29/h5-7,9-10,13-16,18H,3-4,8,11-12,17H2,1-2H3,(H,31,32,33,34). The number of anilines is 1. The molecule has 1 amide bonds. The zero-order valence-corrected chi connectivity index (χ0v) is 21.1. The first kappa shape index (κ1) is 23.1. The molecule has 0 atom stereocenters. The maximum Gasteiger partial charge on any atom is 0.227 e. The first-order chi connectivity index (χ1) is 18.2. The Morgan fingerprint density at radius 2 is 1.92 bits per heavy atom. The molecule has 0 aliphatic carbocycles. The Morgan fingerprint density at radius 1 is 1.05 bits per heavy atom. The predicted octanol–water partition coefficient (Wildman–Crippen LogP) is 5.65. The molecule has 8 nitrogen and oxygen atoms in total. The molecule has 1 saturated heterocycles. The van der Waals surface area contributed by atoms with E-state index >= 15 is 0 Å². The van der Waals surface area contributed by atoms with Crippen LogP contribution < -0.4 is 4.90 Å². The van der Waals surface area contributed by atoms with Gasteiger partial charge < -0.3 is 4.90 Å². The van der Waals surface area contributed by atoms with E-state index in [4.69, 9.17) is 4.98 Å². The number of carbonyl (C=O) groups is 1. The van der Waals surface area contributed by atoms with E-state index in [-0.39, 0.29) is 5.91 Å². The lowest BCUT2D eigenvalue weighted by Gasteiger charge is -2.19. The number of amides is 1. The fourth-order valence-electron chi connectivity index (χ4n) is 5.35. The Bertz CT molecular complexity index is 1570. The molecule has 3 heterocycles. The molecule has 37 heavy (non-hydrogen) atoms. The van der Waals surface area contributed by atoms with Crippen LogP contribution in [0.5, 0.6) is 0 Å². The fourth-order valence-corrected chi connectivity index (χ4v) is 5.35. The van der Waals surface area contributed by atoms with Crippen molar-refractivity contribution in [2.75, 3.05) is 11.4 Å². The summed E-state index contributed by atoms with van der Waals surface area (Å²) < 4.78 is 2.26. The minimum Gasteiger partial charge on any atom is -0.312 e. The minimum atomic E-state index is 0.181. The number of imidazole rings is 1. The molecule has 1 N–H and O–H groups in total. The van der Waals surface area contributed by atoms with Gasteiger partial charge in [-0.15, -0.1) is 5.10 Å². The van der Waals surface area contributed by atoms with E-state index < -0.39 is 0 Å². The van der Waals surface area contributed by atoms with Gasteiger partial charge in [0.15, 0.2) is 5.82 Å². The number of nitrogens with one attached hydrogen (secondary N) is 1. The predicted molar refractivity (Wildman–Crippen MR) is 145 cm³/mol. The SMILES string of the molecule is CCCCc1nc2ccc(N3CCCC3=O)cc2n1-c1ccc(-c2ccccc2)c(-c2nnn[nH]2)c1C. The van der Waals surface area contributed by atoms with Gasteiger partial charge in [0.2, 0.25) is 5.91 Å². The summed E-state index contributed by atoms with van der Waals surface area (Å²) in [7, 11) is 0. The molecular weight excluding hydrogens is 462 g/mol. The number of aromatic amines is 1. The number of carbonyl (C=O) groups excluding carboxylic acids is 1. The summed E-state index contributed by atoms with van der Waals surface area (Å²) in [6.45, 7) is 5.07. The average Bonchev–Trinajstić information content (AvgIpc) is 3.68. The largest absolute Gasteiger partial charge is 0.312 e. The summed E-state index contributed by atoms with van der Waals surface area (Å²) in [5.74, 6) is 1.82. The number of H-pyrrole nitrogens is 1. The molecule has 1 aliphatic rings. The molecule has 3 aromatic carbocycles. The van der Waals surface area contributed by atoms with Gasteiger partial charge in [-0.3, -0.25) is 9.36 Å². The van der Waals surface area contributed by atoms with Crippen LogP contribution >= 0.6 is 0 Å². The van der Waals surface area contributed by atoms with Gasteiger partial charge in [-0.1, -0.05) is 49.7 Å². The van der Waals surface area contributed by atoms with Gasteiger partial charge in [-0.2, -0.15) is 0 Å². The zero-order chi connectivity index (χ0) is 25.4. The van der Waals surface area contributed by atoms with Gasteiger partial charge in [-0.05, 0) is 71.1 Å². The van der Waals surface area contributed by atoms with Gasteiger partial charge >= 0.3 is 0 Å². The Morgan fingerprint density at radius 3 is 2.65 bits per heavy atom. The number of benzene rings is 3. The van der Waals surface area contributed by atoms with Crippen LogP contribution in [-0.4, -0.2) is 42.6 Å². The van der Waals surface area contributed by atoms with Crippen LogP contribution in [0.1, 0.15) is 44.0 Å². The lowest BCUT2D eigenvalue weighted by atomic mass is 9.94. The van der Waals surface area contributed by atoms with Gasteiger partial charge in [-0.25, -0.2) is 10.1 Å². The normalized spacial score (nSPS) is 13.7. The van der Waals surface area contributed by atoms with E-state index in [9.17, 15) is 4.79 Å². The molecule has 0 saturated carbocycles. The van der Waals surface area contributed by atoms with Crippen molar-refractivity contribution in [2.24, 2.45) is 0 Å². The van der Waals surface area contributed by atoms with Crippen LogP contribution in [0, 0.1) is 6.92 Å². The lowest BCUT2D eigenvalue weighted by molar-refractivity contribution is -0.117. The molecule has 8 heteroatoms. The van der Waals surface area contributed by atoms with Gasteiger partial charge in [0.05, 0.1) is 16.7 Å². The summed E-state index contributed by atoms with van der Waals surface area (Å²) in [6.07, 6.45) is 4.49. The van der Waals surface area contributed by atoms with E-state index in [0.29, 0.717) is 12.2 Å². The number of unbranched alkanes of at least 4 members (excludes halogenated alkanes) is 1. The summed E-state index contributed by atoms with van der Waals surface area (Å²) in [5, 5.41) is 15.0. The van der Waals surface area contributed by atoms with Crippen molar-refractivity contribution < 1.29 is 4.79 Å². The highest BCUT2D eigenvalue weighted by Crippen LogP contribution is 2.38.